The van der Waals surface area contributed by atoms with E-state index in [4.69, 9.17) is 4.79 Å². The van der Waals surface area contributed by atoms with Crippen molar-refractivity contribution in [3.05, 3.63) is 34.9 Å². The van der Waals surface area contributed by atoms with Crippen molar-refractivity contribution >= 4 is 17.3 Å². The Bertz CT molecular complexity index is 256. The zero-order valence-electron chi connectivity index (χ0n) is 9.60. The second-order valence-electron chi connectivity index (χ2n) is 2.68. The van der Waals surface area contributed by atoms with Crippen LogP contribution in [-0.4, -0.2) is 5.75 Å². The van der Waals surface area contributed by atoms with E-state index in [-0.39, 0.29) is 5.75 Å². The molecule has 0 spiro atoms. The molecule has 0 radical (unpaired) electrons. The first kappa shape index (κ1) is 15.6. The maximum absolute atomic E-state index is 8.57. The molecule has 0 unspecified atom stereocenters. The van der Waals surface area contributed by atoms with E-state index < -0.39 is 0 Å². The predicted molar refractivity (Wildman–Crippen MR) is 64.6 cm³/mol. The van der Waals surface area contributed by atoms with Crippen molar-refractivity contribution in [3.63, 3.8) is 0 Å². The second-order valence-corrected chi connectivity index (χ2v) is 2.85. The number of carbonyl (C=O) groups excluding carboxylic acids is 1. The molecule has 1 nitrogen and oxygen atoms in total. The number of hydrogen-bond acceptors (Lipinski definition) is 1. The highest BCUT2D eigenvalue weighted by atomic mass is 35.5. The van der Waals surface area contributed by atoms with Crippen molar-refractivity contribution in [3.8, 4) is 0 Å². The van der Waals surface area contributed by atoms with Gasteiger partial charge in [-0.05, 0) is 43.5 Å². The molecular formula is C12H19ClO. The molecule has 0 aliphatic carbocycles. The summed E-state index contributed by atoms with van der Waals surface area (Å²) in [6.45, 7) is 10.4. The summed E-state index contributed by atoms with van der Waals surface area (Å²) in [5.41, 5.74) is 4.11. The summed E-state index contributed by atoms with van der Waals surface area (Å²) in [4.78, 5) is 8.57. The van der Waals surface area contributed by atoms with Gasteiger partial charge in [-0.2, -0.15) is 0 Å². The van der Waals surface area contributed by atoms with Gasteiger partial charge in [0.15, 0.2) is 0 Å². The first-order valence-corrected chi connectivity index (χ1v) is 5.13. The minimum Gasteiger partial charge on any atom is -0.285 e. The molecule has 14 heavy (non-hydrogen) atoms. The Morgan fingerprint density at radius 1 is 1.07 bits per heavy atom. The van der Waals surface area contributed by atoms with E-state index in [2.05, 4.69) is 50.6 Å². The molecule has 0 fully saturated rings. The normalized spacial score (nSPS) is 7.57. The number of benzene rings is 1. The lowest BCUT2D eigenvalue weighted by molar-refractivity contribution is 0.569. The molecule has 0 aliphatic heterocycles. The Morgan fingerprint density at radius 3 is 1.79 bits per heavy atom. The van der Waals surface area contributed by atoms with Crippen LogP contribution in [0.5, 0.6) is 0 Å². The molecule has 0 N–H and O–H groups in total. The minimum atomic E-state index is 0.222. The molecule has 0 bridgehead atoms. The summed E-state index contributed by atoms with van der Waals surface area (Å²) in [7, 11) is 0. The van der Waals surface area contributed by atoms with Crippen molar-refractivity contribution in [1.29, 1.82) is 0 Å². The molecule has 0 heterocycles. The Morgan fingerprint density at radius 2 is 1.50 bits per heavy atom. The number of carbonyl (C=O) groups is 1. The highest BCUT2D eigenvalue weighted by molar-refractivity contribution is 6.54. The van der Waals surface area contributed by atoms with Gasteiger partial charge in [0.05, 0.1) is 0 Å². The summed E-state index contributed by atoms with van der Waals surface area (Å²) in [6.07, 6.45) is 0. The number of hydrogen-bond donors (Lipinski definition) is 0. The summed E-state index contributed by atoms with van der Waals surface area (Å²) in [6, 6.07) is 6.50. The minimum absolute atomic E-state index is 0.222. The molecule has 1 aromatic rings. The number of aryl methyl sites for hydroxylation is 3. The molecule has 0 atom stereocenters. The lowest BCUT2D eigenvalue weighted by Crippen LogP contribution is -1.79. The maximum Gasteiger partial charge on any atom is 0.208 e. The largest absolute Gasteiger partial charge is 0.285 e. The van der Waals surface area contributed by atoms with Crippen LogP contribution in [0.25, 0.3) is 0 Å². The van der Waals surface area contributed by atoms with Gasteiger partial charge < -0.3 is 0 Å². The van der Waals surface area contributed by atoms with Gasteiger partial charge in [0.1, 0.15) is 0 Å². The number of rotatable bonds is 0. The van der Waals surface area contributed by atoms with Crippen LogP contribution < -0.4 is 0 Å². The van der Waals surface area contributed by atoms with E-state index >= 15 is 0 Å². The fourth-order valence-corrected chi connectivity index (χ4v) is 0.891. The summed E-state index contributed by atoms with van der Waals surface area (Å²) < 4.78 is 0. The highest BCUT2D eigenvalue weighted by Crippen LogP contribution is 2.07. The molecule has 0 saturated carbocycles. The Hall–Kier alpha value is -0.820. The fourth-order valence-electron chi connectivity index (χ4n) is 0.891. The third kappa shape index (κ3) is 7.81. The third-order valence-electron chi connectivity index (χ3n) is 1.66. The SMILES string of the molecule is CC.Cc1ccc(C)c(C)c1.O=CCl. The smallest absolute Gasteiger partial charge is 0.208 e. The van der Waals surface area contributed by atoms with E-state index in [1.165, 1.54) is 16.7 Å². The summed E-state index contributed by atoms with van der Waals surface area (Å²) in [5.74, 6) is 0.222. The quantitative estimate of drug-likeness (QED) is 0.470. The van der Waals surface area contributed by atoms with Gasteiger partial charge in [0, 0.05) is 0 Å². The molecule has 0 aromatic heterocycles. The van der Waals surface area contributed by atoms with Gasteiger partial charge in [0.25, 0.3) is 0 Å². The Labute approximate surface area is 92.1 Å². The Kier molecular flexibility index (Phi) is 11.5. The average Bonchev–Trinajstić information content (AvgIpc) is 2.17. The van der Waals surface area contributed by atoms with E-state index in [1.807, 2.05) is 13.8 Å². The first-order chi connectivity index (χ1) is 6.61. The van der Waals surface area contributed by atoms with Crippen LogP contribution in [0.2, 0.25) is 0 Å². The highest BCUT2D eigenvalue weighted by Gasteiger charge is 1.89. The van der Waals surface area contributed by atoms with Crippen molar-refractivity contribution in [2.45, 2.75) is 34.6 Å². The average molecular weight is 215 g/mol. The lowest BCUT2D eigenvalue weighted by Gasteiger charge is -1.98. The van der Waals surface area contributed by atoms with Crippen LogP contribution in [0.1, 0.15) is 30.5 Å². The third-order valence-corrected chi connectivity index (χ3v) is 1.66. The molecule has 1 aromatic carbocycles. The first-order valence-electron chi connectivity index (χ1n) is 4.69. The standard InChI is InChI=1S/C9H12.C2H6.CHClO/c1-7-4-5-8(2)9(3)6-7;1-2;2-1-3/h4-6H,1-3H3;1-2H3;1H. The fraction of sp³-hybridized carbons (Fsp3) is 0.417. The van der Waals surface area contributed by atoms with E-state index in [1.54, 1.807) is 0 Å². The van der Waals surface area contributed by atoms with Gasteiger partial charge in [-0.25, -0.2) is 0 Å². The topological polar surface area (TPSA) is 17.1 Å². The molecular weight excluding hydrogens is 196 g/mol. The van der Waals surface area contributed by atoms with Gasteiger partial charge in [0.2, 0.25) is 5.75 Å². The van der Waals surface area contributed by atoms with Gasteiger partial charge in [-0.3, -0.25) is 4.79 Å². The van der Waals surface area contributed by atoms with E-state index in [0.717, 1.165) is 0 Å². The molecule has 80 valence electrons. The van der Waals surface area contributed by atoms with Crippen molar-refractivity contribution in [1.82, 2.24) is 0 Å². The zero-order chi connectivity index (χ0) is 11.6. The molecule has 0 saturated heterocycles. The zero-order valence-corrected chi connectivity index (χ0v) is 10.4. The van der Waals surface area contributed by atoms with Crippen LogP contribution in [0, 0.1) is 20.8 Å². The van der Waals surface area contributed by atoms with Crippen LogP contribution in [0.15, 0.2) is 18.2 Å². The molecule has 0 amide bonds. The monoisotopic (exact) mass is 214 g/mol. The van der Waals surface area contributed by atoms with Gasteiger partial charge in [-0.15, -0.1) is 0 Å². The van der Waals surface area contributed by atoms with Gasteiger partial charge >= 0.3 is 0 Å². The summed E-state index contributed by atoms with van der Waals surface area (Å²) >= 11 is 4.32. The number of halogens is 1. The van der Waals surface area contributed by atoms with Crippen LogP contribution in [-0.2, 0) is 4.79 Å². The van der Waals surface area contributed by atoms with E-state index in [0.29, 0.717) is 0 Å². The maximum atomic E-state index is 8.57. The van der Waals surface area contributed by atoms with E-state index in [9.17, 15) is 0 Å². The van der Waals surface area contributed by atoms with Crippen LogP contribution in [0.3, 0.4) is 0 Å². The summed E-state index contributed by atoms with van der Waals surface area (Å²) in [5, 5.41) is 0. The van der Waals surface area contributed by atoms with Crippen molar-refractivity contribution in [2.24, 2.45) is 0 Å². The second kappa shape index (κ2) is 10.3. The van der Waals surface area contributed by atoms with Crippen LogP contribution in [0.4, 0.5) is 0 Å². The van der Waals surface area contributed by atoms with Crippen molar-refractivity contribution in [2.75, 3.05) is 0 Å². The molecule has 2 heteroatoms. The molecule has 1 rings (SSSR count). The van der Waals surface area contributed by atoms with Gasteiger partial charge in [-0.1, -0.05) is 37.6 Å². The van der Waals surface area contributed by atoms with Crippen molar-refractivity contribution < 1.29 is 4.79 Å². The Balaban J connectivity index is 0. The predicted octanol–water partition coefficient (Wildman–Crippen LogP) is 4.05. The lowest BCUT2D eigenvalue weighted by atomic mass is 10.1. The van der Waals surface area contributed by atoms with Crippen LogP contribution >= 0.6 is 11.6 Å². The molecule has 0 aliphatic rings.